The van der Waals surface area contributed by atoms with E-state index in [1.54, 1.807) is 30.1 Å². The molecule has 17 heteroatoms. The third kappa shape index (κ3) is 5.28. The zero-order valence-electron chi connectivity index (χ0n) is 19.7. The van der Waals surface area contributed by atoms with Crippen LogP contribution in [0.25, 0.3) is 0 Å². The van der Waals surface area contributed by atoms with Gasteiger partial charge in [-0.3, -0.25) is 14.5 Å². The van der Waals surface area contributed by atoms with Gasteiger partial charge in [0, 0.05) is 16.9 Å². The lowest BCUT2D eigenvalue weighted by Crippen LogP contribution is -2.71. The average molecular weight is 566 g/mol. The topological polar surface area (TPSA) is 219 Å². The molecule has 37 heavy (non-hydrogen) atoms. The Hall–Kier alpha value is -3.57. The van der Waals surface area contributed by atoms with Gasteiger partial charge in [0.1, 0.15) is 35.6 Å². The van der Waals surface area contributed by atoms with E-state index in [0.717, 1.165) is 16.2 Å². The molecule has 0 spiro atoms. The van der Waals surface area contributed by atoms with E-state index in [4.69, 9.17) is 22.0 Å². The average Bonchev–Trinajstić information content (AvgIpc) is 3.29. The Morgan fingerprint density at radius 3 is 2.78 bits per heavy atom. The van der Waals surface area contributed by atoms with Crippen LogP contribution >= 0.6 is 34.9 Å². The van der Waals surface area contributed by atoms with E-state index in [1.807, 2.05) is 0 Å². The maximum absolute atomic E-state index is 13.0. The van der Waals surface area contributed by atoms with Crippen LogP contribution < -0.4 is 32.2 Å². The summed E-state index contributed by atoms with van der Waals surface area (Å²) in [6.45, 7) is 1.91. The quantitative estimate of drug-likeness (QED) is 0.0651. The Morgan fingerprint density at radius 1 is 1.38 bits per heavy atom. The van der Waals surface area contributed by atoms with Crippen LogP contribution in [0, 0.1) is 0 Å². The number of anilines is 3. The summed E-state index contributed by atoms with van der Waals surface area (Å²) < 4.78 is 1.67. The Kier molecular flexibility index (Phi) is 7.74. The van der Waals surface area contributed by atoms with Crippen LogP contribution in [-0.4, -0.2) is 67.9 Å². The number of carbonyl (C=O) groups excluding carboxylic acids is 3. The molecule has 0 radical (unpaired) electrons. The highest BCUT2D eigenvalue weighted by atomic mass is 32.2. The summed E-state index contributed by atoms with van der Waals surface area (Å²) in [4.78, 5) is 52.4. The van der Waals surface area contributed by atoms with Crippen LogP contribution in [-0.2, 0) is 26.3 Å². The zero-order valence-corrected chi connectivity index (χ0v) is 22.1. The van der Waals surface area contributed by atoms with Crippen molar-refractivity contribution in [3.63, 3.8) is 0 Å². The van der Waals surface area contributed by atoms with Crippen molar-refractivity contribution in [3.8, 4) is 0 Å². The number of aryl methyl sites for hydroxylation is 1. The molecule has 2 atom stereocenters. The number of aliphatic carboxylic acids is 1. The van der Waals surface area contributed by atoms with Gasteiger partial charge in [-0.15, -0.1) is 23.1 Å². The summed E-state index contributed by atoms with van der Waals surface area (Å²) in [6.07, 6.45) is 1.61. The van der Waals surface area contributed by atoms with Gasteiger partial charge in [0.25, 0.3) is 17.6 Å². The predicted octanol–water partition coefficient (Wildman–Crippen LogP) is -1.95. The molecule has 0 saturated carbocycles. The standard InChI is InChI=1S/C20H23N9O5S3/c1-3-34-27-11(10-7-36-19(23)24-10)15(30)25-12-16(31)29-13(18(32)33)8(5-35-17(12)29)6-37-20-26-14(22)9(21)4-28(20)2/h4,7,12,17,22H,3,5-6,21H2,1-2H3,(H4,23,24,25,30,32,33)/b27-11-/t12?,17-/m1/s1. The maximum atomic E-state index is 13.0. The summed E-state index contributed by atoms with van der Waals surface area (Å²) >= 11 is 3.69. The summed E-state index contributed by atoms with van der Waals surface area (Å²) in [7, 11) is 1.74. The van der Waals surface area contributed by atoms with Gasteiger partial charge in [-0.1, -0.05) is 5.16 Å². The highest BCUT2D eigenvalue weighted by molar-refractivity contribution is 8.01. The summed E-state index contributed by atoms with van der Waals surface area (Å²) in [5.41, 5.74) is 17.9. The van der Waals surface area contributed by atoms with Crippen LogP contribution in [0.5, 0.6) is 0 Å². The normalized spacial score (nSPS) is 19.4. The lowest BCUT2D eigenvalue weighted by Gasteiger charge is -2.50. The van der Waals surface area contributed by atoms with E-state index in [9.17, 15) is 19.5 Å². The number of thiazole rings is 1. The molecule has 2 aliphatic heterocycles. The van der Waals surface area contributed by atoms with Crippen molar-refractivity contribution in [1.82, 2.24) is 20.2 Å². The molecule has 1 unspecified atom stereocenters. The summed E-state index contributed by atoms with van der Waals surface area (Å²) in [5.74, 6) is -2.07. The van der Waals surface area contributed by atoms with Crippen molar-refractivity contribution in [2.75, 3.05) is 35.3 Å². The first-order valence-corrected chi connectivity index (χ1v) is 13.7. The Bertz CT molecular complexity index is 1330. The van der Waals surface area contributed by atoms with Gasteiger partial charge in [-0.05, 0) is 29.2 Å². The van der Waals surface area contributed by atoms with Gasteiger partial charge in [0.2, 0.25) is 0 Å². The maximum Gasteiger partial charge on any atom is 0.361 e. The molecule has 1 saturated heterocycles. The second-order valence-electron chi connectivity index (χ2n) is 7.79. The van der Waals surface area contributed by atoms with E-state index in [-0.39, 0.29) is 40.4 Å². The number of hydrogen-bond acceptors (Lipinski definition) is 14. The number of fused-ring (bicyclic) bond motifs is 1. The van der Waals surface area contributed by atoms with Crippen LogP contribution in [0.1, 0.15) is 12.6 Å². The minimum atomic E-state index is -1.48. The molecule has 14 nitrogen and oxygen atoms in total. The lowest BCUT2D eigenvalue weighted by molar-refractivity contribution is -0.712. The molecule has 2 aliphatic rings. The molecule has 0 aromatic carbocycles. The van der Waals surface area contributed by atoms with E-state index < -0.39 is 29.2 Å². The third-order valence-electron chi connectivity index (χ3n) is 5.31. The SMILES string of the molecule is CCO/N=C(\C(=O)NC1C(=O)N2C(C(=O)[O-])=C(CSc3nc(N)c(N)c[n+]3C)CS[C@H]12)c1csc(N)n1. The van der Waals surface area contributed by atoms with Crippen LogP contribution in [0.15, 0.2) is 33.2 Å². The van der Waals surface area contributed by atoms with E-state index in [2.05, 4.69) is 20.4 Å². The van der Waals surface area contributed by atoms with Crippen LogP contribution in [0.3, 0.4) is 0 Å². The van der Waals surface area contributed by atoms with Crippen molar-refractivity contribution in [3.05, 3.63) is 28.5 Å². The fourth-order valence-corrected chi connectivity index (χ4v) is 6.57. The molecule has 7 N–H and O–H groups in total. The van der Waals surface area contributed by atoms with Gasteiger partial charge in [0.15, 0.2) is 10.8 Å². The number of carbonyl (C=O) groups is 3. The minimum absolute atomic E-state index is 0.141. The largest absolute Gasteiger partial charge is 0.543 e. The highest BCUT2D eigenvalue weighted by Crippen LogP contribution is 2.41. The number of amides is 2. The van der Waals surface area contributed by atoms with Crippen molar-refractivity contribution in [2.24, 2.45) is 12.2 Å². The first-order chi connectivity index (χ1) is 17.6. The summed E-state index contributed by atoms with van der Waals surface area (Å²) in [6, 6.07) is -0.972. The number of nitrogens with two attached hydrogens (primary N) is 3. The number of thioether (sulfide) groups is 2. The Balaban J connectivity index is 1.50. The third-order valence-corrected chi connectivity index (χ3v) is 8.46. The molecule has 2 aromatic rings. The van der Waals surface area contributed by atoms with Crippen LogP contribution in [0.2, 0.25) is 0 Å². The van der Waals surface area contributed by atoms with Gasteiger partial charge in [-0.2, -0.15) is 0 Å². The van der Waals surface area contributed by atoms with Gasteiger partial charge < -0.3 is 37.3 Å². The fraction of sp³-hybridized carbons (Fsp3) is 0.350. The van der Waals surface area contributed by atoms with Crippen molar-refractivity contribution < 1.29 is 28.9 Å². The molecule has 2 amide bonds. The van der Waals surface area contributed by atoms with E-state index in [0.29, 0.717) is 22.2 Å². The lowest BCUT2D eigenvalue weighted by atomic mass is 10.0. The van der Waals surface area contributed by atoms with Crippen LogP contribution in [0.4, 0.5) is 16.6 Å². The number of hydrogen-bond donors (Lipinski definition) is 4. The van der Waals surface area contributed by atoms with Crippen molar-refractivity contribution >= 4 is 75.0 Å². The number of carboxylic acids is 1. The van der Waals surface area contributed by atoms with E-state index in [1.165, 1.54) is 23.5 Å². The number of aromatic nitrogens is 3. The van der Waals surface area contributed by atoms with Gasteiger partial charge in [0.05, 0.1) is 18.7 Å². The molecule has 2 aromatic heterocycles. The second-order valence-corrected chi connectivity index (χ2v) is 10.7. The number of nitrogens with zero attached hydrogens (tertiary/aromatic N) is 5. The Labute approximate surface area is 223 Å². The number of oxime groups is 1. The van der Waals surface area contributed by atoms with Crippen molar-refractivity contribution in [1.29, 1.82) is 0 Å². The van der Waals surface area contributed by atoms with E-state index >= 15 is 0 Å². The molecule has 0 aliphatic carbocycles. The second kappa shape index (κ2) is 10.8. The van der Waals surface area contributed by atoms with Gasteiger partial charge in [-0.25, -0.2) is 9.55 Å². The number of carboxylic acid groups (broad SMARTS) is 1. The number of β-lactam (4-membered cyclic amide) rings is 1. The minimum Gasteiger partial charge on any atom is -0.543 e. The number of nitrogens with one attached hydrogen (secondary N) is 1. The zero-order chi connectivity index (χ0) is 26.9. The molecule has 1 fully saturated rings. The molecule has 4 heterocycles. The van der Waals surface area contributed by atoms with Gasteiger partial charge >= 0.3 is 5.16 Å². The Morgan fingerprint density at radius 2 is 2.14 bits per heavy atom. The monoisotopic (exact) mass is 565 g/mol. The summed E-state index contributed by atoms with van der Waals surface area (Å²) in [5, 5.41) is 20.1. The molecule has 4 rings (SSSR count). The first kappa shape index (κ1) is 26.5. The molecule has 196 valence electrons. The number of nitrogen functional groups attached to an aromatic ring is 3. The number of rotatable bonds is 9. The molecular weight excluding hydrogens is 542 g/mol. The first-order valence-electron chi connectivity index (χ1n) is 10.8. The molecular formula is C20H23N9O5S3. The predicted molar refractivity (Wildman–Crippen MR) is 137 cm³/mol. The smallest absolute Gasteiger partial charge is 0.361 e. The van der Waals surface area contributed by atoms with Crippen molar-refractivity contribution in [2.45, 2.75) is 23.5 Å². The highest BCUT2D eigenvalue weighted by Gasteiger charge is 2.53. The fourth-order valence-electron chi connectivity index (χ4n) is 3.58. The molecule has 0 bridgehead atoms.